The molecule has 162 valence electrons. The van der Waals surface area contributed by atoms with Crippen LogP contribution in [-0.4, -0.2) is 61.0 Å². The number of carbonyl (C=O) groups is 1. The lowest BCUT2D eigenvalue weighted by Gasteiger charge is -2.37. The maximum absolute atomic E-state index is 12.5. The predicted octanol–water partition coefficient (Wildman–Crippen LogP) is 0.637. The molecular formula is C20H29N7O3. The fraction of sp³-hybridized carbons (Fsp3) is 0.650. The van der Waals surface area contributed by atoms with Gasteiger partial charge in [-0.25, -0.2) is 4.68 Å². The van der Waals surface area contributed by atoms with Crippen molar-refractivity contribution in [3.05, 3.63) is 34.4 Å². The van der Waals surface area contributed by atoms with Crippen LogP contribution in [0, 0.1) is 0 Å². The van der Waals surface area contributed by atoms with Crippen LogP contribution in [0.3, 0.4) is 0 Å². The molecule has 3 atom stereocenters. The first-order chi connectivity index (χ1) is 14.5. The highest BCUT2D eigenvalue weighted by atomic mass is 16.3. The van der Waals surface area contributed by atoms with Crippen LogP contribution in [0.5, 0.6) is 0 Å². The molecule has 1 amide bonds. The van der Waals surface area contributed by atoms with Gasteiger partial charge in [0.2, 0.25) is 0 Å². The number of aryl methyl sites for hydroxylation is 1. The average Bonchev–Trinajstić information content (AvgIpc) is 3.20. The molecule has 3 unspecified atom stereocenters. The van der Waals surface area contributed by atoms with E-state index in [2.05, 4.69) is 25.6 Å². The maximum atomic E-state index is 12.5. The van der Waals surface area contributed by atoms with E-state index in [9.17, 15) is 14.7 Å². The summed E-state index contributed by atoms with van der Waals surface area (Å²) in [7, 11) is 1.72. The molecule has 3 heterocycles. The van der Waals surface area contributed by atoms with Crippen LogP contribution >= 0.6 is 0 Å². The van der Waals surface area contributed by atoms with E-state index in [4.69, 9.17) is 0 Å². The Hall–Kier alpha value is -2.75. The number of aliphatic hydroxyl groups is 1. The first-order valence-electron chi connectivity index (χ1n) is 10.7. The molecule has 1 aliphatic heterocycles. The highest BCUT2D eigenvalue weighted by molar-refractivity contribution is 5.91. The second kappa shape index (κ2) is 8.95. The summed E-state index contributed by atoms with van der Waals surface area (Å²) in [4.78, 5) is 27.0. The normalized spacial score (nSPS) is 24.6. The summed E-state index contributed by atoms with van der Waals surface area (Å²) in [6.07, 6.45) is 7.49. The lowest BCUT2D eigenvalue weighted by Crippen LogP contribution is -2.48. The van der Waals surface area contributed by atoms with Gasteiger partial charge in [0.1, 0.15) is 5.82 Å². The van der Waals surface area contributed by atoms with Crippen molar-refractivity contribution >= 4 is 11.7 Å². The van der Waals surface area contributed by atoms with Crippen LogP contribution < -0.4 is 15.8 Å². The van der Waals surface area contributed by atoms with Crippen molar-refractivity contribution in [1.29, 1.82) is 0 Å². The molecule has 10 heteroatoms. The molecule has 2 aromatic heterocycles. The summed E-state index contributed by atoms with van der Waals surface area (Å²) >= 11 is 0. The van der Waals surface area contributed by atoms with Gasteiger partial charge in [0.15, 0.2) is 5.69 Å². The second-order valence-corrected chi connectivity index (χ2v) is 8.22. The van der Waals surface area contributed by atoms with Crippen LogP contribution in [0.4, 0.5) is 5.82 Å². The van der Waals surface area contributed by atoms with Crippen molar-refractivity contribution in [2.24, 2.45) is 7.05 Å². The molecule has 4 rings (SSSR count). The number of hydrogen-bond acceptors (Lipinski definition) is 7. The minimum absolute atomic E-state index is 0.0779. The summed E-state index contributed by atoms with van der Waals surface area (Å²) in [5.74, 6) is 0.461. The largest absolute Gasteiger partial charge is 0.391 e. The lowest BCUT2D eigenvalue weighted by molar-refractivity contribution is 0.0669. The number of aromatic nitrogens is 5. The summed E-state index contributed by atoms with van der Waals surface area (Å²) in [6.45, 7) is 1.27. The number of hydrogen-bond donors (Lipinski definition) is 2. The number of piperidine rings is 1. The van der Waals surface area contributed by atoms with Gasteiger partial charge in [0.05, 0.1) is 18.3 Å². The van der Waals surface area contributed by atoms with E-state index in [1.807, 2.05) is 0 Å². The van der Waals surface area contributed by atoms with Crippen LogP contribution in [0.15, 0.2) is 23.1 Å². The van der Waals surface area contributed by atoms with Crippen molar-refractivity contribution in [3.8, 4) is 0 Å². The van der Waals surface area contributed by atoms with Gasteiger partial charge in [-0.3, -0.25) is 14.3 Å². The highest BCUT2D eigenvalue weighted by Gasteiger charge is 2.29. The average molecular weight is 415 g/mol. The van der Waals surface area contributed by atoms with Crippen molar-refractivity contribution in [2.75, 3.05) is 18.0 Å². The van der Waals surface area contributed by atoms with Crippen LogP contribution in [0.2, 0.25) is 0 Å². The Bertz CT molecular complexity index is 940. The van der Waals surface area contributed by atoms with Crippen LogP contribution in [-0.2, 0) is 7.05 Å². The lowest BCUT2D eigenvalue weighted by atomic mass is 9.93. The van der Waals surface area contributed by atoms with Crippen molar-refractivity contribution < 1.29 is 9.90 Å². The smallest absolute Gasteiger partial charge is 0.273 e. The van der Waals surface area contributed by atoms with E-state index in [0.717, 1.165) is 45.1 Å². The molecule has 2 fully saturated rings. The summed E-state index contributed by atoms with van der Waals surface area (Å²) in [5.41, 5.74) is 0.104. The number of carbonyl (C=O) groups excluding carboxylic acids is 1. The van der Waals surface area contributed by atoms with Crippen molar-refractivity contribution in [2.45, 2.75) is 63.1 Å². The molecule has 0 spiro atoms. The fourth-order valence-corrected chi connectivity index (χ4v) is 4.45. The SMILES string of the molecule is Cn1cc(C(=O)NCC2CCCCN2c2ccc(=O)n(C3CCCCC3O)n2)nn1. The molecule has 0 radical (unpaired) electrons. The number of rotatable bonds is 5. The van der Waals surface area contributed by atoms with E-state index in [-0.39, 0.29) is 29.2 Å². The Balaban J connectivity index is 1.50. The Morgan fingerprint density at radius 2 is 2.00 bits per heavy atom. The van der Waals surface area contributed by atoms with E-state index in [1.165, 1.54) is 15.4 Å². The monoisotopic (exact) mass is 415 g/mol. The topological polar surface area (TPSA) is 118 Å². The van der Waals surface area contributed by atoms with Crippen LogP contribution in [0.1, 0.15) is 61.5 Å². The van der Waals surface area contributed by atoms with Crippen molar-refractivity contribution in [3.63, 3.8) is 0 Å². The third kappa shape index (κ3) is 4.38. The molecule has 2 N–H and O–H groups in total. The Morgan fingerprint density at radius 1 is 1.20 bits per heavy atom. The van der Waals surface area contributed by atoms with E-state index < -0.39 is 6.10 Å². The number of nitrogens with zero attached hydrogens (tertiary/aromatic N) is 6. The first kappa shape index (κ1) is 20.5. The minimum Gasteiger partial charge on any atom is -0.391 e. The van der Waals surface area contributed by atoms with Gasteiger partial charge in [-0.1, -0.05) is 18.1 Å². The molecular weight excluding hydrogens is 386 g/mol. The first-order valence-corrected chi connectivity index (χ1v) is 10.7. The maximum Gasteiger partial charge on any atom is 0.273 e. The molecule has 1 aliphatic carbocycles. The molecule has 0 aromatic carbocycles. The number of aliphatic hydroxyl groups excluding tert-OH is 1. The quantitative estimate of drug-likeness (QED) is 0.735. The molecule has 1 saturated carbocycles. The van der Waals surface area contributed by atoms with Gasteiger partial charge in [-0.2, -0.15) is 5.10 Å². The summed E-state index contributed by atoms with van der Waals surface area (Å²) in [5, 5.41) is 25.6. The van der Waals surface area contributed by atoms with E-state index in [0.29, 0.717) is 18.8 Å². The molecule has 1 saturated heterocycles. The van der Waals surface area contributed by atoms with Crippen molar-refractivity contribution in [1.82, 2.24) is 30.1 Å². The van der Waals surface area contributed by atoms with Gasteiger partial charge >= 0.3 is 0 Å². The highest BCUT2D eigenvalue weighted by Crippen LogP contribution is 2.28. The minimum atomic E-state index is -0.539. The predicted molar refractivity (Wildman–Crippen MR) is 110 cm³/mol. The van der Waals surface area contributed by atoms with Gasteiger partial charge in [0.25, 0.3) is 11.5 Å². The third-order valence-electron chi connectivity index (χ3n) is 6.07. The van der Waals surface area contributed by atoms with Gasteiger partial charge in [-0.05, 0) is 38.2 Å². The number of anilines is 1. The second-order valence-electron chi connectivity index (χ2n) is 8.22. The van der Waals surface area contributed by atoms with Gasteiger partial charge in [-0.15, -0.1) is 5.10 Å². The molecule has 0 bridgehead atoms. The Labute approximate surface area is 174 Å². The zero-order valence-corrected chi connectivity index (χ0v) is 17.3. The zero-order valence-electron chi connectivity index (χ0n) is 17.3. The molecule has 30 heavy (non-hydrogen) atoms. The standard InChI is InChI=1S/C20H29N7O3/c1-25-13-15(22-24-25)20(30)21-12-14-6-4-5-11-26(14)18-9-10-19(29)27(23-18)16-7-2-3-8-17(16)28/h9-10,13-14,16-17,28H,2-8,11-12H2,1H3,(H,21,30). The van der Waals surface area contributed by atoms with E-state index in [1.54, 1.807) is 19.3 Å². The van der Waals surface area contributed by atoms with Crippen LogP contribution in [0.25, 0.3) is 0 Å². The number of amides is 1. The van der Waals surface area contributed by atoms with Gasteiger partial charge in [0, 0.05) is 32.2 Å². The van der Waals surface area contributed by atoms with E-state index >= 15 is 0 Å². The molecule has 2 aromatic rings. The molecule has 2 aliphatic rings. The Morgan fingerprint density at radius 3 is 2.77 bits per heavy atom. The van der Waals surface area contributed by atoms with Gasteiger partial charge < -0.3 is 15.3 Å². The third-order valence-corrected chi connectivity index (χ3v) is 6.07. The summed E-state index contributed by atoms with van der Waals surface area (Å²) in [6, 6.07) is 3.09. The number of nitrogens with one attached hydrogen (secondary N) is 1. The Kier molecular flexibility index (Phi) is 6.12. The fourth-order valence-electron chi connectivity index (χ4n) is 4.45. The molecule has 10 nitrogen and oxygen atoms in total. The summed E-state index contributed by atoms with van der Waals surface area (Å²) < 4.78 is 2.96. The zero-order chi connectivity index (χ0) is 21.1.